The summed E-state index contributed by atoms with van der Waals surface area (Å²) in [5, 5.41) is 13.4. The second-order valence-electron chi connectivity index (χ2n) is 3.48. The summed E-state index contributed by atoms with van der Waals surface area (Å²) in [6.07, 6.45) is -0.825. The molecule has 98 valence electrons. The summed E-state index contributed by atoms with van der Waals surface area (Å²) >= 11 is 5.80. The van der Waals surface area contributed by atoms with Gasteiger partial charge in [-0.05, 0) is 50.5 Å². The van der Waals surface area contributed by atoms with Crippen LogP contribution in [0.4, 0.5) is 0 Å². The van der Waals surface area contributed by atoms with E-state index in [1.165, 1.54) is 17.4 Å². The van der Waals surface area contributed by atoms with Crippen molar-refractivity contribution in [3.63, 3.8) is 0 Å². The number of nitrogens with one attached hydrogen (secondary N) is 1. The highest BCUT2D eigenvalue weighted by atomic mass is 79.9. The van der Waals surface area contributed by atoms with Crippen LogP contribution in [0.1, 0.15) is 11.7 Å². The van der Waals surface area contributed by atoms with E-state index in [-0.39, 0.29) is 10.8 Å². The van der Waals surface area contributed by atoms with Crippen LogP contribution >= 0.6 is 38.6 Å². The number of halogens is 1. The molecule has 0 fully saturated rings. The average molecular weight is 368 g/mol. The lowest BCUT2D eigenvalue weighted by molar-refractivity contribution is 0.182. The van der Waals surface area contributed by atoms with Gasteiger partial charge in [-0.1, -0.05) is 0 Å². The molecule has 1 atom stereocenters. The van der Waals surface area contributed by atoms with Crippen molar-refractivity contribution in [1.29, 1.82) is 0 Å². The van der Waals surface area contributed by atoms with E-state index in [4.69, 9.17) is 0 Å². The van der Waals surface area contributed by atoms with Crippen LogP contribution in [0.15, 0.2) is 37.0 Å². The van der Waals surface area contributed by atoms with Gasteiger partial charge in [0.15, 0.2) is 0 Å². The summed E-state index contributed by atoms with van der Waals surface area (Å²) in [4.78, 5) is 0. The highest BCUT2D eigenvalue weighted by molar-refractivity contribution is 9.11. The van der Waals surface area contributed by atoms with Crippen LogP contribution in [-0.4, -0.2) is 20.1 Å². The number of hydrogen-bond acceptors (Lipinski definition) is 5. The van der Waals surface area contributed by atoms with Crippen molar-refractivity contribution in [2.75, 3.05) is 6.54 Å². The molecule has 0 aliphatic carbocycles. The van der Waals surface area contributed by atoms with Crippen LogP contribution < -0.4 is 4.72 Å². The lowest BCUT2D eigenvalue weighted by Crippen LogP contribution is -2.27. The highest BCUT2D eigenvalue weighted by Gasteiger charge is 2.18. The van der Waals surface area contributed by atoms with E-state index in [9.17, 15) is 13.5 Å². The number of rotatable bonds is 5. The van der Waals surface area contributed by atoms with Crippen LogP contribution in [0.5, 0.6) is 0 Å². The molecule has 2 aromatic rings. The number of aliphatic hydroxyl groups is 1. The molecule has 0 radical (unpaired) electrons. The summed E-state index contributed by atoms with van der Waals surface area (Å²) in [6, 6.07) is 4.97. The molecule has 2 aromatic heterocycles. The van der Waals surface area contributed by atoms with Gasteiger partial charge in [0.05, 0.1) is 9.89 Å². The Morgan fingerprint density at radius 1 is 1.39 bits per heavy atom. The molecular formula is C10H10BrNO3S3. The zero-order chi connectivity index (χ0) is 13.2. The van der Waals surface area contributed by atoms with Crippen molar-refractivity contribution in [1.82, 2.24) is 4.72 Å². The van der Waals surface area contributed by atoms with Crippen molar-refractivity contribution in [2.24, 2.45) is 0 Å². The van der Waals surface area contributed by atoms with E-state index in [0.717, 1.165) is 20.7 Å². The van der Waals surface area contributed by atoms with Gasteiger partial charge in [-0.2, -0.15) is 11.3 Å². The van der Waals surface area contributed by atoms with E-state index < -0.39 is 16.1 Å². The first-order valence-corrected chi connectivity index (χ1v) is 8.98. The van der Waals surface area contributed by atoms with Crippen LogP contribution in [-0.2, 0) is 10.0 Å². The number of sulfonamides is 1. The molecule has 8 heteroatoms. The average Bonchev–Trinajstić information content (AvgIpc) is 2.96. The molecule has 0 aromatic carbocycles. The van der Waals surface area contributed by atoms with Gasteiger partial charge in [0.1, 0.15) is 4.21 Å². The Hall–Kier alpha value is -0.250. The Kier molecular flexibility index (Phi) is 4.57. The van der Waals surface area contributed by atoms with E-state index >= 15 is 0 Å². The predicted octanol–water partition coefficient (Wildman–Crippen LogP) is 2.58. The summed E-state index contributed by atoms with van der Waals surface area (Å²) in [5.74, 6) is 0. The predicted molar refractivity (Wildman–Crippen MR) is 76.5 cm³/mol. The molecule has 18 heavy (non-hydrogen) atoms. The lowest BCUT2D eigenvalue weighted by Gasteiger charge is -2.10. The first kappa shape index (κ1) is 14.2. The summed E-state index contributed by atoms with van der Waals surface area (Å²) < 4.78 is 27.2. The van der Waals surface area contributed by atoms with Crippen LogP contribution in [0.2, 0.25) is 0 Å². The van der Waals surface area contributed by atoms with Crippen LogP contribution in [0.3, 0.4) is 0 Å². The van der Waals surface area contributed by atoms with Crippen molar-refractivity contribution < 1.29 is 13.5 Å². The van der Waals surface area contributed by atoms with Crippen molar-refractivity contribution >= 4 is 48.6 Å². The summed E-state index contributed by atoms with van der Waals surface area (Å²) in [5.41, 5.74) is 0.718. The Bertz CT molecular complexity index is 606. The van der Waals surface area contributed by atoms with Gasteiger partial charge in [-0.25, -0.2) is 13.1 Å². The van der Waals surface area contributed by atoms with Gasteiger partial charge in [0, 0.05) is 6.54 Å². The molecule has 0 amide bonds. The zero-order valence-corrected chi connectivity index (χ0v) is 13.1. The van der Waals surface area contributed by atoms with Crippen molar-refractivity contribution in [3.05, 3.63) is 38.3 Å². The summed E-state index contributed by atoms with van der Waals surface area (Å²) in [6.45, 7) is -0.0331. The Labute approximate surface area is 121 Å². The van der Waals surface area contributed by atoms with E-state index in [1.54, 1.807) is 17.5 Å². The van der Waals surface area contributed by atoms with Gasteiger partial charge in [-0.15, -0.1) is 11.3 Å². The smallest absolute Gasteiger partial charge is 0.250 e. The monoisotopic (exact) mass is 367 g/mol. The Balaban J connectivity index is 2.02. The normalized spacial score (nSPS) is 13.7. The third kappa shape index (κ3) is 3.40. The van der Waals surface area contributed by atoms with Crippen molar-refractivity contribution in [3.8, 4) is 0 Å². The topological polar surface area (TPSA) is 66.4 Å². The minimum atomic E-state index is -3.54. The van der Waals surface area contributed by atoms with Gasteiger partial charge in [0.2, 0.25) is 10.0 Å². The minimum absolute atomic E-state index is 0.0331. The molecule has 2 rings (SSSR count). The molecule has 2 heterocycles. The zero-order valence-electron chi connectivity index (χ0n) is 9.04. The van der Waals surface area contributed by atoms with Crippen LogP contribution in [0.25, 0.3) is 0 Å². The Morgan fingerprint density at radius 3 is 2.72 bits per heavy atom. The molecule has 0 saturated heterocycles. The summed E-state index contributed by atoms with van der Waals surface area (Å²) in [7, 11) is -3.54. The largest absolute Gasteiger partial charge is 0.387 e. The molecular weight excluding hydrogens is 358 g/mol. The molecule has 0 aliphatic heterocycles. The van der Waals surface area contributed by atoms with E-state index in [1.807, 2.05) is 5.38 Å². The molecule has 4 nitrogen and oxygen atoms in total. The van der Waals surface area contributed by atoms with Crippen molar-refractivity contribution in [2.45, 2.75) is 10.3 Å². The molecule has 2 N–H and O–H groups in total. The molecule has 1 unspecified atom stereocenters. The maximum Gasteiger partial charge on any atom is 0.250 e. The fraction of sp³-hybridized carbons (Fsp3) is 0.200. The number of hydrogen-bond donors (Lipinski definition) is 2. The standard InChI is InChI=1S/C10H10BrNO3S3/c11-9-1-2-10(17-9)18(14,15)12-5-8(13)7-3-4-16-6-7/h1-4,6,8,12-13H,5H2. The second-order valence-corrected chi connectivity index (χ2v) is 8.72. The lowest BCUT2D eigenvalue weighted by atomic mass is 10.2. The third-order valence-electron chi connectivity index (χ3n) is 2.21. The number of aliphatic hydroxyl groups excluding tert-OH is 1. The second kappa shape index (κ2) is 5.81. The van der Waals surface area contributed by atoms with Gasteiger partial charge >= 0.3 is 0 Å². The fourth-order valence-electron chi connectivity index (χ4n) is 1.28. The maximum absolute atomic E-state index is 11.9. The first-order valence-electron chi connectivity index (χ1n) is 4.94. The molecule has 0 aliphatic rings. The van der Waals surface area contributed by atoms with Gasteiger partial charge < -0.3 is 5.11 Å². The third-order valence-corrected chi connectivity index (χ3v) is 6.45. The van der Waals surface area contributed by atoms with Crippen LogP contribution in [0, 0.1) is 0 Å². The van der Waals surface area contributed by atoms with E-state index in [2.05, 4.69) is 20.7 Å². The Morgan fingerprint density at radius 2 is 2.17 bits per heavy atom. The quantitative estimate of drug-likeness (QED) is 0.853. The minimum Gasteiger partial charge on any atom is -0.387 e. The van der Waals surface area contributed by atoms with E-state index in [0.29, 0.717) is 0 Å². The maximum atomic E-state index is 11.9. The highest BCUT2D eigenvalue weighted by Crippen LogP contribution is 2.26. The first-order chi connectivity index (χ1) is 8.49. The fourth-order valence-corrected chi connectivity index (χ4v) is 5.08. The molecule has 0 bridgehead atoms. The molecule has 0 saturated carbocycles. The molecule has 0 spiro atoms. The SMILES string of the molecule is O=S(=O)(NCC(O)c1ccsc1)c1ccc(Br)s1. The number of thiophene rings is 2. The van der Waals surface area contributed by atoms with Gasteiger partial charge in [-0.3, -0.25) is 0 Å². The van der Waals surface area contributed by atoms with Gasteiger partial charge in [0.25, 0.3) is 0 Å².